The van der Waals surface area contributed by atoms with E-state index in [4.69, 9.17) is 17.3 Å². The SMILES string of the molecule is Br.Nc1ncc(Cl)cc1CBr. The predicted molar refractivity (Wildman–Crippen MR) is 56.6 cm³/mol. The standard InChI is InChI=1S/C6H6BrClN2.BrH/c7-2-4-1-5(8)3-10-6(4)9;/h1,3H,2H2,(H2,9,10);1H. The number of alkyl halides is 1. The number of nitrogens with zero attached hydrogens (tertiary/aromatic N) is 1. The molecule has 0 radical (unpaired) electrons. The average molecular weight is 302 g/mol. The summed E-state index contributed by atoms with van der Waals surface area (Å²) in [6.07, 6.45) is 1.53. The largest absolute Gasteiger partial charge is 0.383 e. The third kappa shape index (κ3) is 2.97. The van der Waals surface area contributed by atoms with E-state index in [1.54, 1.807) is 6.07 Å². The van der Waals surface area contributed by atoms with Crippen molar-refractivity contribution in [3.8, 4) is 0 Å². The Morgan fingerprint density at radius 2 is 2.27 bits per heavy atom. The molecule has 62 valence electrons. The van der Waals surface area contributed by atoms with Crippen molar-refractivity contribution in [1.29, 1.82) is 0 Å². The highest BCUT2D eigenvalue weighted by atomic mass is 79.9. The van der Waals surface area contributed by atoms with Gasteiger partial charge in [0.2, 0.25) is 0 Å². The molecule has 0 atom stereocenters. The fraction of sp³-hybridized carbons (Fsp3) is 0.167. The Labute approximate surface area is 89.0 Å². The summed E-state index contributed by atoms with van der Waals surface area (Å²) < 4.78 is 0. The molecule has 0 amide bonds. The molecule has 1 aromatic heterocycles. The van der Waals surface area contributed by atoms with Crippen LogP contribution in [0, 0.1) is 0 Å². The number of halogens is 3. The number of pyridine rings is 1. The predicted octanol–water partition coefficient (Wildman–Crippen LogP) is 2.79. The van der Waals surface area contributed by atoms with Gasteiger partial charge in [0.25, 0.3) is 0 Å². The second-order valence-corrected chi connectivity index (χ2v) is 2.83. The van der Waals surface area contributed by atoms with Crippen molar-refractivity contribution in [2.45, 2.75) is 5.33 Å². The number of hydrogen-bond acceptors (Lipinski definition) is 2. The van der Waals surface area contributed by atoms with E-state index in [9.17, 15) is 0 Å². The van der Waals surface area contributed by atoms with Gasteiger partial charge in [-0.15, -0.1) is 17.0 Å². The third-order valence-corrected chi connectivity index (χ3v) is 1.92. The topological polar surface area (TPSA) is 38.9 Å². The van der Waals surface area contributed by atoms with Crippen LogP contribution in [-0.4, -0.2) is 4.98 Å². The summed E-state index contributed by atoms with van der Waals surface area (Å²) in [5.41, 5.74) is 6.42. The molecule has 11 heavy (non-hydrogen) atoms. The van der Waals surface area contributed by atoms with Crippen molar-refractivity contribution >= 4 is 50.3 Å². The van der Waals surface area contributed by atoms with E-state index in [-0.39, 0.29) is 17.0 Å². The summed E-state index contributed by atoms with van der Waals surface area (Å²) in [7, 11) is 0. The molecular formula is C6H7Br2ClN2. The van der Waals surface area contributed by atoms with Gasteiger partial charge in [-0.05, 0) is 6.07 Å². The summed E-state index contributed by atoms with van der Waals surface area (Å²) >= 11 is 8.92. The van der Waals surface area contributed by atoms with Gasteiger partial charge < -0.3 is 5.73 Å². The Morgan fingerprint density at radius 3 is 2.73 bits per heavy atom. The fourth-order valence-corrected chi connectivity index (χ4v) is 1.23. The van der Waals surface area contributed by atoms with Gasteiger partial charge >= 0.3 is 0 Å². The molecule has 0 unspecified atom stereocenters. The molecule has 0 saturated carbocycles. The van der Waals surface area contributed by atoms with Crippen molar-refractivity contribution in [1.82, 2.24) is 4.98 Å². The van der Waals surface area contributed by atoms with Gasteiger partial charge in [-0.25, -0.2) is 4.98 Å². The number of nitrogen functional groups attached to an aromatic ring is 1. The van der Waals surface area contributed by atoms with E-state index < -0.39 is 0 Å². The lowest BCUT2D eigenvalue weighted by molar-refractivity contribution is 1.27. The van der Waals surface area contributed by atoms with Crippen LogP contribution in [0.1, 0.15) is 5.56 Å². The molecule has 2 nitrogen and oxygen atoms in total. The molecule has 0 aliphatic rings. The van der Waals surface area contributed by atoms with Gasteiger partial charge in [-0.2, -0.15) is 0 Å². The summed E-state index contributed by atoms with van der Waals surface area (Å²) in [6, 6.07) is 1.79. The zero-order valence-electron chi connectivity index (χ0n) is 5.55. The van der Waals surface area contributed by atoms with E-state index in [1.807, 2.05) is 0 Å². The molecule has 1 heterocycles. The summed E-state index contributed by atoms with van der Waals surface area (Å²) in [4.78, 5) is 3.87. The van der Waals surface area contributed by atoms with Crippen LogP contribution >= 0.6 is 44.5 Å². The average Bonchev–Trinajstić information content (AvgIpc) is 1.94. The van der Waals surface area contributed by atoms with E-state index in [1.165, 1.54) is 6.20 Å². The van der Waals surface area contributed by atoms with Gasteiger partial charge in [-0.3, -0.25) is 0 Å². The van der Waals surface area contributed by atoms with Crippen LogP contribution in [-0.2, 0) is 5.33 Å². The number of aromatic nitrogens is 1. The van der Waals surface area contributed by atoms with Gasteiger partial charge in [0, 0.05) is 17.1 Å². The first-order chi connectivity index (χ1) is 4.74. The summed E-state index contributed by atoms with van der Waals surface area (Å²) in [5, 5.41) is 1.30. The van der Waals surface area contributed by atoms with Crippen molar-refractivity contribution in [2.24, 2.45) is 0 Å². The monoisotopic (exact) mass is 300 g/mol. The Kier molecular flexibility index (Phi) is 5.04. The van der Waals surface area contributed by atoms with Crippen LogP contribution in [0.3, 0.4) is 0 Å². The highest BCUT2D eigenvalue weighted by Gasteiger charge is 1.97. The molecule has 1 rings (SSSR count). The Balaban J connectivity index is 0.000001000. The molecule has 0 saturated heterocycles. The highest BCUT2D eigenvalue weighted by molar-refractivity contribution is 9.08. The minimum absolute atomic E-state index is 0. The molecule has 0 aliphatic heterocycles. The van der Waals surface area contributed by atoms with Gasteiger partial charge in [0.05, 0.1) is 5.02 Å². The molecule has 1 aromatic rings. The Morgan fingerprint density at radius 1 is 1.64 bits per heavy atom. The zero-order valence-corrected chi connectivity index (χ0v) is 9.61. The minimum atomic E-state index is 0. The minimum Gasteiger partial charge on any atom is -0.383 e. The molecular weight excluding hydrogens is 295 g/mol. The molecule has 0 bridgehead atoms. The zero-order chi connectivity index (χ0) is 7.56. The van der Waals surface area contributed by atoms with E-state index in [2.05, 4.69) is 20.9 Å². The summed E-state index contributed by atoms with van der Waals surface area (Å²) in [5.74, 6) is 0.529. The first-order valence-corrected chi connectivity index (χ1v) is 4.20. The van der Waals surface area contributed by atoms with E-state index in [0.29, 0.717) is 16.2 Å². The normalized spacial score (nSPS) is 8.91. The van der Waals surface area contributed by atoms with Crippen molar-refractivity contribution in [3.05, 3.63) is 22.8 Å². The first-order valence-electron chi connectivity index (χ1n) is 2.70. The Bertz CT molecular complexity index is 242. The van der Waals surface area contributed by atoms with Gasteiger partial charge in [-0.1, -0.05) is 27.5 Å². The summed E-state index contributed by atoms with van der Waals surface area (Å²) in [6.45, 7) is 0. The Hall–Kier alpha value is 0.200. The van der Waals surface area contributed by atoms with Crippen LogP contribution in [0.5, 0.6) is 0 Å². The molecule has 2 N–H and O–H groups in total. The lowest BCUT2D eigenvalue weighted by atomic mass is 10.3. The van der Waals surface area contributed by atoms with E-state index >= 15 is 0 Å². The fourth-order valence-electron chi connectivity index (χ4n) is 0.599. The smallest absolute Gasteiger partial charge is 0.127 e. The lowest BCUT2D eigenvalue weighted by Crippen LogP contribution is -1.94. The number of anilines is 1. The number of nitrogens with two attached hydrogens (primary N) is 1. The van der Waals surface area contributed by atoms with Crippen molar-refractivity contribution in [3.63, 3.8) is 0 Å². The van der Waals surface area contributed by atoms with Gasteiger partial charge in [0.15, 0.2) is 0 Å². The van der Waals surface area contributed by atoms with Gasteiger partial charge in [0.1, 0.15) is 5.82 Å². The highest BCUT2D eigenvalue weighted by Crippen LogP contribution is 2.16. The molecule has 0 aromatic carbocycles. The lowest BCUT2D eigenvalue weighted by Gasteiger charge is -1.99. The van der Waals surface area contributed by atoms with Crippen LogP contribution in [0.15, 0.2) is 12.3 Å². The van der Waals surface area contributed by atoms with Crippen molar-refractivity contribution in [2.75, 3.05) is 5.73 Å². The molecule has 0 aliphatic carbocycles. The van der Waals surface area contributed by atoms with Crippen LogP contribution in [0.4, 0.5) is 5.82 Å². The quantitative estimate of drug-likeness (QED) is 0.810. The van der Waals surface area contributed by atoms with Crippen LogP contribution in [0.2, 0.25) is 5.02 Å². The second kappa shape index (κ2) is 4.95. The maximum absolute atomic E-state index is 5.66. The molecule has 0 fully saturated rings. The maximum Gasteiger partial charge on any atom is 0.127 e. The number of rotatable bonds is 1. The number of hydrogen-bond donors (Lipinski definition) is 1. The van der Waals surface area contributed by atoms with Crippen LogP contribution in [0.25, 0.3) is 0 Å². The molecule has 5 heteroatoms. The second-order valence-electron chi connectivity index (χ2n) is 1.83. The maximum atomic E-state index is 5.66. The van der Waals surface area contributed by atoms with Crippen molar-refractivity contribution < 1.29 is 0 Å². The first kappa shape index (κ1) is 11.2. The van der Waals surface area contributed by atoms with E-state index in [0.717, 1.165) is 5.56 Å². The molecule has 0 spiro atoms. The third-order valence-electron chi connectivity index (χ3n) is 1.11. The van der Waals surface area contributed by atoms with Crippen LogP contribution < -0.4 is 5.73 Å².